The van der Waals surface area contributed by atoms with Crippen LogP contribution in [-0.4, -0.2) is 14.9 Å². The van der Waals surface area contributed by atoms with Gasteiger partial charge in [0.15, 0.2) is 0 Å². The highest BCUT2D eigenvalue weighted by Gasteiger charge is 2.34. The van der Waals surface area contributed by atoms with E-state index in [1.165, 1.54) is 69.4 Å². The maximum atomic E-state index is 4.81. The van der Waals surface area contributed by atoms with Crippen LogP contribution in [0.4, 0.5) is 0 Å². The Hall–Kier alpha value is -0.310. The Kier molecular flexibility index (Phi) is 3.52. The molecule has 0 aromatic carbocycles. The smallest absolute Gasteiger partial charge is 0.106 e. The number of hydrogen-bond donors (Lipinski definition) is 0. The zero-order valence-corrected chi connectivity index (χ0v) is 12.9. The minimum absolute atomic E-state index is 0.497. The van der Waals surface area contributed by atoms with E-state index in [9.17, 15) is 0 Å². The third-order valence-electron chi connectivity index (χ3n) is 4.86. The molecule has 0 aliphatic heterocycles. The van der Waals surface area contributed by atoms with Gasteiger partial charge in [-0.3, -0.25) is 0 Å². The SMILES string of the molecule is Cc1nc2c(n1CC1(CBr)CCCC1)CCCC2. The molecule has 0 amide bonds. The Morgan fingerprint density at radius 1 is 1.17 bits per heavy atom. The molecule has 1 aromatic heterocycles. The molecule has 1 fully saturated rings. The molecule has 1 saturated carbocycles. The van der Waals surface area contributed by atoms with E-state index in [0.717, 1.165) is 5.33 Å². The first-order valence-corrected chi connectivity index (χ1v) is 8.47. The Bertz CT molecular complexity index is 430. The highest BCUT2D eigenvalue weighted by Crippen LogP contribution is 2.42. The molecule has 0 bridgehead atoms. The zero-order valence-electron chi connectivity index (χ0n) is 11.3. The first-order valence-electron chi connectivity index (χ1n) is 7.35. The van der Waals surface area contributed by atoms with Crippen molar-refractivity contribution in [2.75, 3.05) is 5.33 Å². The molecular formula is C15H23BrN2. The van der Waals surface area contributed by atoms with Gasteiger partial charge >= 0.3 is 0 Å². The molecule has 1 aromatic rings. The van der Waals surface area contributed by atoms with E-state index in [4.69, 9.17) is 4.98 Å². The second kappa shape index (κ2) is 4.99. The van der Waals surface area contributed by atoms with Crippen molar-refractivity contribution in [3.8, 4) is 0 Å². The van der Waals surface area contributed by atoms with Crippen molar-refractivity contribution in [2.45, 2.75) is 64.8 Å². The van der Waals surface area contributed by atoms with E-state index in [1.807, 2.05) is 0 Å². The Morgan fingerprint density at radius 2 is 1.89 bits per heavy atom. The summed E-state index contributed by atoms with van der Waals surface area (Å²) in [6, 6.07) is 0. The van der Waals surface area contributed by atoms with E-state index in [2.05, 4.69) is 27.4 Å². The molecule has 0 atom stereocenters. The van der Waals surface area contributed by atoms with Crippen molar-refractivity contribution in [2.24, 2.45) is 5.41 Å². The van der Waals surface area contributed by atoms with Crippen LogP contribution >= 0.6 is 15.9 Å². The molecular weight excluding hydrogens is 288 g/mol. The molecule has 0 radical (unpaired) electrons. The summed E-state index contributed by atoms with van der Waals surface area (Å²) in [6.07, 6.45) is 10.7. The molecule has 0 unspecified atom stereocenters. The first kappa shape index (κ1) is 12.7. The average Bonchev–Trinajstić information content (AvgIpc) is 2.97. The van der Waals surface area contributed by atoms with Crippen LogP contribution < -0.4 is 0 Å². The van der Waals surface area contributed by atoms with Gasteiger partial charge in [-0.15, -0.1) is 0 Å². The second-order valence-corrected chi connectivity index (χ2v) is 6.75. The summed E-state index contributed by atoms with van der Waals surface area (Å²) in [5, 5.41) is 1.15. The van der Waals surface area contributed by atoms with E-state index >= 15 is 0 Å². The van der Waals surface area contributed by atoms with Crippen LogP contribution in [0.3, 0.4) is 0 Å². The van der Waals surface area contributed by atoms with Crippen LogP contribution in [0.25, 0.3) is 0 Å². The van der Waals surface area contributed by atoms with Gasteiger partial charge in [-0.1, -0.05) is 28.8 Å². The van der Waals surface area contributed by atoms with Gasteiger partial charge in [-0.25, -0.2) is 4.98 Å². The number of nitrogens with zero attached hydrogens (tertiary/aromatic N) is 2. The third kappa shape index (κ3) is 2.15. The Balaban J connectivity index is 1.90. The van der Waals surface area contributed by atoms with Crippen molar-refractivity contribution in [3.63, 3.8) is 0 Å². The predicted octanol–water partition coefficient (Wildman–Crippen LogP) is 4.03. The third-order valence-corrected chi connectivity index (χ3v) is 6.05. The van der Waals surface area contributed by atoms with E-state index < -0.39 is 0 Å². The molecule has 2 aliphatic carbocycles. The fourth-order valence-corrected chi connectivity index (χ4v) is 4.48. The van der Waals surface area contributed by atoms with Crippen LogP contribution in [0.15, 0.2) is 0 Å². The molecule has 0 saturated heterocycles. The molecule has 3 rings (SSSR count). The summed E-state index contributed by atoms with van der Waals surface area (Å²) in [5.41, 5.74) is 3.43. The topological polar surface area (TPSA) is 17.8 Å². The normalized spacial score (nSPS) is 22.1. The van der Waals surface area contributed by atoms with Crippen molar-refractivity contribution in [1.29, 1.82) is 0 Å². The first-order chi connectivity index (χ1) is 8.74. The van der Waals surface area contributed by atoms with Crippen LogP contribution in [0, 0.1) is 12.3 Å². The summed E-state index contributed by atoms with van der Waals surface area (Å²) in [4.78, 5) is 4.81. The van der Waals surface area contributed by atoms with Crippen molar-refractivity contribution >= 4 is 15.9 Å². The van der Waals surface area contributed by atoms with Crippen molar-refractivity contribution in [1.82, 2.24) is 9.55 Å². The molecule has 0 spiro atoms. The lowest BCUT2D eigenvalue weighted by Crippen LogP contribution is -2.27. The summed E-state index contributed by atoms with van der Waals surface area (Å²) < 4.78 is 2.54. The lowest BCUT2D eigenvalue weighted by atomic mass is 9.88. The van der Waals surface area contributed by atoms with Crippen LogP contribution in [0.2, 0.25) is 0 Å². The van der Waals surface area contributed by atoms with Gasteiger partial charge in [-0.05, 0) is 50.9 Å². The summed E-state index contributed by atoms with van der Waals surface area (Å²) in [5.74, 6) is 1.24. The van der Waals surface area contributed by atoms with Gasteiger partial charge in [0.05, 0.1) is 5.69 Å². The number of rotatable bonds is 3. The molecule has 18 heavy (non-hydrogen) atoms. The van der Waals surface area contributed by atoms with Gasteiger partial charge in [0.25, 0.3) is 0 Å². The zero-order chi connectivity index (χ0) is 12.6. The highest BCUT2D eigenvalue weighted by atomic mass is 79.9. The van der Waals surface area contributed by atoms with E-state index in [-0.39, 0.29) is 0 Å². The minimum atomic E-state index is 0.497. The molecule has 2 nitrogen and oxygen atoms in total. The number of aromatic nitrogens is 2. The van der Waals surface area contributed by atoms with Gasteiger partial charge in [0, 0.05) is 17.6 Å². The monoisotopic (exact) mass is 310 g/mol. The predicted molar refractivity (Wildman–Crippen MR) is 78.3 cm³/mol. The summed E-state index contributed by atoms with van der Waals surface area (Å²) >= 11 is 3.77. The number of halogens is 1. The maximum absolute atomic E-state index is 4.81. The Morgan fingerprint density at radius 3 is 2.61 bits per heavy atom. The minimum Gasteiger partial charge on any atom is -0.331 e. The lowest BCUT2D eigenvalue weighted by molar-refractivity contribution is 0.284. The molecule has 2 aliphatic rings. The maximum Gasteiger partial charge on any atom is 0.106 e. The lowest BCUT2D eigenvalue weighted by Gasteiger charge is -2.29. The number of fused-ring (bicyclic) bond motifs is 1. The fraction of sp³-hybridized carbons (Fsp3) is 0.800. The second-order valence-electron chi connectivity index (χ2n) is 6.19. The quantitative estimate of drug-likeness (QED) is 0.771. The largest absolute Gasteiger partial charge is 0.331 e. The number of alkyl halides is 1. The van der Waals surface area contributed by atoms with Crippen LogP contribution in [-0.2, 0) is 19.4 Å². The van der Waals surface area contributed by atoms with Crippen molar-refractivity contribution < 1.29 is 0 Å². The van der Waals surface area contributed by atoms with Gasteiger partial charge < -0.3 is 4.57 Å². The van der Waals surface area contributed by atoms with Crippen LogP contribution in [0.5, 0.6) is 0 Å². The number of imidazole rings is 1. The van der Waals surface area contributed by atoms with Gasteiger partial charge in [0.2, 0.25) is 0 Å². The van der Waals surface area contributed by atoms with Crippen molar-refractivity contribution in [3.05, 3.63) is 17.2 Å². The number of aryl methyl sites for hydroxylation is 2. The molecule has 0 N–H and O–H groups in total. The van der Waals surface area contributed by atoms with E-state index in [1.54, 1.807) is 5.69 Å². The molecule has 1 heterocycles. The summed E-state index contributed by atoms with van der Waals surface area (Å²) in [6.45, 7) is 3.38. The summed E-state index contributed by atoms with van der Waals surface area (Å²) in [7, 11) is 0. The number of hydrogen-bond acceptors (Lipinski definition) is 1. The van der Waals surface area contributed by atoms with Gasteiger partial charge in [-0.2, -0.15) is 0 Å². The molecule has 100 valence electrons. The average molecular weight is 311 g/mol. The van der Waals surface area contributed by atoms with Crippen LogP contribution in [0.1, 0.15) is 55.7 Å². The Labute approximate surface area is 118 Å². The van der Waals surface area contributed by atoms with Gasteiger partial charge in [0.1, 0.15) is 5.82 Å². The standard InChI is InChI=1S/C15H23BrN2/c1-12-17-13-6-2-3-7-14(13)18(12)11-15(10-16)8-4-5-9-15/h2-11H2,1H3. The van der Waals surface area contributed by atoms with E-state index in [0.29, 0.717) is 5.41 Å². The fourth-order valence-electron chi connectivity index (χ4n) is 3.74. The molecule has 3 heteroatoms. The highest BCUT2D eigenvalue weighted by molar-refractivity contribution is 9.09.